The van der Waals surface area contributed by atoms with Crippen LogP contribution in [-0.4, -0.2) is 24.4 Å². The zero-order valence-electron chi connectivity index (χ0n) is 20.6. The van der Waals surface area contributed by atoms with Gasteiger partial charge in [0.15, 0.2) is 0 Å². The minimum Gasteiger partial charge on any atom is -0.353 e. The summed E-state index contributed by atoms with van der Waals surface area (Å²) in [5.74, 6) is -0.167. The molecule has 0 unspecified atom stereocenters. The highest BCUT2D eigenvalue weighted by Gasteiger charge is 2.25. The van der Waals surface area contributed by atoms with E-state index in [0.717, 1.165) is 20.9 Å². The summed E-state index contributed by atoms with van der Waals surface area (Å²) in [6.07, 6.45) is 0. The predicted octanol–water partition coefficient (Wildman–Crippen LogP) is 6.67. The molecular weight excluding hydrogens is 496 g/mol. The van der Waals surface area contributed by atoms with Crippen LogP contribution in [0.5, 0.6) is 0 Å². The lowest BCUT2D eigenvalue weighted by molar-refractivity contribution is -0.123. The van der Waals surface area contributed by atoms with Gasteiger partial charge >= 0.3 is 0 Å². The Balaban J connectivity index is 1.40. The molecule has 3 atom stereocenters. The Morgan fingerprint density at radius 3 is 1.41 bits per heavy atom. The highest BCUT2D eigenvalue weighted by atomic mass is 32.2. The first kappa shape index (κ1) is 26.6. The summed E-state index contributed by atoms with van der Waals surface area (Å²) in [7, 11) is 0. The molecule has 4 aromatic carbocycles. The Morgan fingerprint density at radius 1 is 0.595 bits per heavy atom. The fourth-order valence-electron chi connectivity index (χ4n) is 3.79. The van der Waals surface area contributed by atoms with Gasteiger partial charge in [-0.2, -0.15) is 0 Å². The highest BCUT2D eigenvalue weighted by molar-refractivity contribution is 8.00. The van der Waals surface area contributed by atoms with Crippen LogP contribution < -0.4 is 10.6 Å². The molecule has 0 saturated carbocycles. The van der Waals surface area contributed by atoms with Crippen LogP contribution in [0.25, 0.3) is 0 Å². The first-order chi connectivity index (χ1) is 18.1. The second kappa shape index (κ2) is 13.7. The van der Waals surface area contributed by atoms with Gasteiger partial charge in [0, 0.05) is 22.4 Å². The smallest absolute Gasteiger partial charge is 0.238 e. The van der Waals surface area contributed by atoms with Crippen LogP contribution in [0.15, 0.2) is 131 Å². The van der Waals surface area contributed by atoms with Gasteiger partial charge in [-0.25, -0.2) is 0 Å². The normalized spacial score (nSPS) is 13.2. The van der Waals surface area contributed by atoms with Crippen molar-refractivity contribution in [2.75, 3.05) is 6.54 Å². The van der Waals surface area contributed by atoms with Crippen LogP contribution in [0, 0.1) is 0 Å². The maximum absolute atomic E-state index is 13.4. The van der Waals surface area contributed by atoms with Gasteiger partial charge in [-0.05, 0) is 42.3 Å². The van der Waals surface area contributed by atoms with Crippen LogP contribution in [0.1, 0.15) is 28.6 Å². The molecule has 4 nitrogen and oxygen atoms in total. The van der Waals surface area contributed by atoms with E-state index in [1.54, 1.807) is 0 Å². The van der Waals surface area contributed by atoms with E-state index in [-0.39, 0.29) is 17.9 Å². The van der Waals surface area contributed by atoms with Gasteiger partial charge in [0.25, 0.3) is 0 Å². The maximum atomic E-state index is 13.4. The molecule has 4 rings (SSSR count). The van der Waals surface area contributed by atoms with Crippen LogP contribution in [0.3, 0.4) is 0 Å². The second-order valence-corrected chi connectivity index (χ2v) is 11.0. The zero-order valence-corrected chi connectivity index (χ0v) is 22.3. The number of benzene rings is 4. The number of hydrogen-bond acceptors (Lipinski definition) is 4. The molecule has 0 aliphatic carbocycles. The molecule has 4 aromatic rings. The van der Waals surface area contributed by atoms with Gasteiger partial charge in [-0.15, -0.1) is 23.5 Å². The quantitative estimate of drug-likeness (QED) is 0.214. The molecule has 6 heteroatoms. The molecule has 37 heavy (non-hydrogen) atoms. The molecule has 0 bridgehead atoms. The van der Waals surface area contributed by atoms with Crippen LogP contribution in [-0.2, 0) is 9.59 Å². The molecule has 2 amide bonds. The third-order valence-corrected chi connectivity index (χ3v) is 8.18. The molecule has 0 aromatic heterocycles. The minimum absolute atomic E-state index is 0.0833. The first-order valence-corrected chi connectivity index (χ1v) is 14.0. The van der Waals surface area contributed by atoms with E-state index >= 15 is 0 Å². The third-order valence-electron chi connectivity index (χ3n) is 5.65. The fraction of sp³-hybridized carbons (Fsp3) is 0.161. The Hall–Kier alpha value is -3.48. The van der Waals surface area contributed by atoms with E-state index in [4.69, 9.17) is 0 Å². The lowest BCUT2D eigenvalue weighted by Crippen LogP contribution is -2.44. The average molecular weight is 527 g/mol. The zero-order chi connectivity index (χ0) is 25.9. The van der Waals surface area contributed by atoms with Crippen molar-refractivity contribution >= 4 is 35.3 Å². The molecule has 0 heterocycles. The van der Waals surface area contributed by atoms with E-state index in [9.17, 15) is 9.59 Å². The summed E-state index contributed by atoms with van der Waals surface area (Å²) in [6.45, 7) is 2.25. The molecule has 188 valence electrons. The molecule has 0 fully saturated rings. The van der Waals surface area contributed by atoms with Crippen molar-refractivity contribution in [2.24, 2.45) is 0 Å². The molecular formula is C31H30N2O2S2. The van der Waals surface area contributed by atoms with Gasteiger partial charge in [0.2, 0.25) is 11.8 Å². The lowest BCUT2D eigenvalue weighted by atomic mass is 10.1. The highest BCUT2D eigenvalue weighted by Crippen LogP contribution is 2.36. The van der Waals surface area contributed by atoms with Crippen LogP contribution in [0.2, 0.25) is 0 Å². The Kier molecular flexibility index (Phi) is 9.86. The summed E-state index contributed by atoms with van der Waals surface area (Å²) >= 11 is 3.03. The van der Waals surface area contributed by atoms with E-state index in [1.807, 2.05) is 128 Å². The van der Waals surface area contributed by atoms with Gasteiger partial charge in [0.1, 0.15) is 10.5 Å². The molecule has 0 radical (unpaired) electrons. The van der Waals surface area contributed by atoms with Gasteiger partial charge < -0.3 is 10.6 Å². The first-order valence-electron chi connectivity index (χ1n) is 12.2. The lowest BCUT2D eigenvalue weighted by Gasteiger charge is -2.22. The average Bonchev–Trinajstić information content (AvgIpc) is 2.95. The Labute approximate surface area is 227 Å². The largest absolute Gasteiger partial charge is 0.353 e. The number of nitrogens with one attached hydrogen (secondary N) is 2. The number of carbonyl (C=O) groups is 2. The van der Waals surface area contributed by atoms with Crippen LogP contribution in [0.4, 0.5) is 0 Å². The van der Waals surface area contributed by atoms with Crippen molar-refractivity contribution in [1.82, 2.24) is 10.6 Å². The number of hydrogen-bond donors (Lipinski definition) is 2. The summed E-state index contributed by atoms with van der Waals surface area (Å²) in [6, 6.07) is 39.1. The number of rotatable bonds is 11. The number of thioether (sulfide) groups is 2. The van der Waals surface area contributed by atoms with Gasteiger partial charge in [0.05, 0.1) is 0 Å². The standard InChI is InChI=1S/C31H30N2O2S2/c1-23(33-31(35)29(25-16-8-3-9-17-25)37-27-20-12-5-13-21-27)22-32-30(34)28(24-14-6-2-7-15-24)36-26-18-10-4-11-19-26/h2-21,23,28-29H,22H2,1H3,(H,32,34)(H,33,35)/t23-,28-,29+/m0/s1. The van der Waals surface area contributed by atoms with E-state index in [1.165, 1.54) is 23.5 Å². The Bertz CT molecular complexity index is 1260. The molecule has 0 aliphatic rings. The topological polar surface area (TPSA) is 58.2 Å². The molecule has 0 spiro atoms. The SMILES string of the molecule is C[C@@H](CNC(=O)[C@@H](Sc1ccccc1)c1ccccc1)NC(=O)[C@H](Sc1ccccc1)c1ccccc1. The summed E-state index contributed by atoms with van der Waals surface area (Å²) in [5, 5.41) is 5.37. The number of carbonyl (C=O) groups excluding carboxylic acids is 2. The molecule has 2 N–H and O–H groups in total. The van der Waals surface area contributed by atoms with E-state index < -0.39 is 10.5 Å². The predicted molar refractivity (Wildman–Crippen MR) is 154 cm³/mol. The summed E-state index contributed by atoms with van der Waals surface area (Å²) < 4.78 is 0. The van der Waals surface area contributed by atoms with Crippen molar-refractivity contribution < 1.29 is 9.59 Å². The fourth-order valence-corrected chi connectivity index (χ4v) is 5.91. The Morgan fingerprint density at radius 2 is 0.973 bits per heavy atom. The van der Waals surface area contributed by atoms with Gasteiger partial charge in [-0.1, -0.05) is 97.1 Å². The molecule has 0 aliphatic heterocycles. The second-order valence-electron chi connectivity index (χ2n) is 8.60. The van der Waals surface area contributed by atoms with Crippen molar-refractivity contribution in [1.29, 1.82) is 0 Å². The van der Waals surface area contributed by atoms with Crippen LogP contribution >= 0.6 is 23.5 Å². The summed E-state index contributed by atoms with van der Waals surface area (Å²) in [4.78, 5) is 28.7. The van der Waals surface area contributed by atoms with Crippen molar-refractivity contribution in [3.05, 3.63) is 132 Å². The van der Waals surface area contributed by atoms with Crippen molar-refractivity contribution in [3.63, 3.8) is 0 Å². The van der Waals surface area contributed by atoms with Crippen molar-refractivity contribution in [2.45, 2.75) is 33.3 Å². The van der Waals surface area contributed by atoms with Gasteiger partial charge in [-0.3, -0.25) is 9.59 Å². The monoisotopic (exact) mass is 526 g/mol. The number of amides is 2. The van der Waals surface area contributed by atoms with E-state index in [0.29, 0.717) is 6.54 Å². The van der Waals surface area contributed by atoms with E-state index in [2.05, 4.69) is 10.6 Å². The molecule has 0 saturated heterocycles. The van der Waals surface area contributed by atoms with Crippen molar-refractivity contribution in [3.8, 4) is 0 Å². The summed E-state index contributed by atoms with van der Waals surface area (Å²) in [5.41, 5.74) is 1.88. The maximum Gasteiger partial charge on any atom is 0.238 e. The third kappa shape index (κ3) is 8.00. The minimum atomic E-state index is -0.396.